The topological polar surface area (TPSA) is 33.1 Å². The van der Waals surface area contributed by atoms with E-state index >= 15 is 0 Å². The average molecular weight is 143 g/mol. The highest BCUT2D eigenvalue weighted by molar-refractivity contribution is 7.11. The van der Waals surface area contributed by atoms with Crippen LogP contribution in [-0.4, -0.2) is 10.1 Å². The standard InChI is InChI=1S/C6H9NOS/c1-3-5-6(8)7-4(2)9-5/h8H,3H2,1-2H3. The van der Waals surface area contributed by atoms with Gasteiger partial charge in [-0.2, -0.15) is 0 Å². The number of aryl methyl sites for hydroxylation is 2. The van der Waals surface area contributed by atoms with E-state index in [4.69, 9.17) is 5.11 Å². The number of aromatic nitrogens is 1. The summed E-state index contributed by atoms with van der Waals surface area (Å²) in [6, 6.07) is 0. The molecule has 0 aliphatic carbocycles. The zero-order valence-corrected chi connectivity index (χ0v) is 6.33. The van der Waals surface area contributed by atoms with Crippen molar-refractivity contribution in [1.29, 1.82) is 0 Å². The number of nitrogens with zero attached hydrogens (tertiary/aromatic N) is 1. The Kier molecular flexibility index (Phi) is 1.71. The summed E-state index contributed by atoms with van der Waals surface area (Å²) in [5.74, 6) is 0.208. The molecule has 1 N–H and O–H groups in total. The van der Waals surface area contributed by atoms with Crippen LogP contribution in [0.4, 0.5) is 0 Å². The summed E-state index contributed by atoms with van der Waals surface area (Å²) in [7, 11) is 0. The second-order valence-corrected chi connectivity index (χ2v) is 3.12. The van der Waals surface area contributed by atoms with E-state index in [0.29, 0.717) is 0 Å². The Morgan fingerprint density at radius 1 is 1.67 bits per heavy atom. The summed E-state index contributed by atoms with van der Waals surface area (Å²) in [5, 5.41) is 9.97. The Hall–Kier alpha value is -0.570. The van der Waals surface area contributed by atoms with Crippen LogP contribution in [0.3, 0.4) is 0 Å². The molecule has 1 rings (SSSR count). The van der Waals surface area contributed by atoms with Crippen LogP contribution in [0.2, 0.25) is 0 Å². The fourth-order valence-electron chi connectivity index (χ4n) is 0.689. The first kappa shape index (κ1) is 6.55. The molecule has 9 heavy (non-hydrogen) atoms. The largest absolute Gasteiger partial charge is 0.492 e. The van der Waals surface area contributed by atoms with Crippen LogP contribution in [0.25, 0.3) is 0 Å². The number of thiazole rings is 1. The molecule has 0 fully saturated rings. The Morgan fingerprint density at radius 2 is 2.33 bits per heavy atom. The monoisotopic (exact) mass is 143 g/mol. The number of rotatable bonds is 1. The van der Waals surface area contributed by atoms with Gasteiger partial charge in [0.25, 0.3) is 0 Å². The molecule has 0 amide bonds. The van der Waals surface area contributed by atoms with Crippen molar-refractivity contribution >= 4 is 11.3 Å². The number of hydrogen-bond acceptors (Lipinski definition) is 3. The fraction of sp³-hybridized carbons (Fsp3) is 0.500. The van der Waals surface area contributed by atoms with Crippen LogP contribution in [-0.2, 0) is 6.42 Å². The molecule has 1 heterocycles. The predicted molar refractivity (Wildman–Crippen MR) is 37.9 cm³/mol. The molecule has 0 saturated heterocycles. The highest BCUT2D eigenvalue weighted by Gasteiger charge is 2.02. The van der Waals surface area contributed by atoms with E-state index in [1.807, 2.05) is 13.8 Å². The fourth-order valence-corrected chi connectivity index (χ4v) is 1.46. The predicted octanol–water partition coefficient (Wildman–Crippen LogP) is 1.72. The van der Waals surface area contributed by atoms with E-state index in [9.17, 15) is 0 Å². The van der Waals surface area contributed by atoms with E-state index in [2.05, 4.69) is 4.98 Å². The summed E-state index contributed by atoms with van der Waals surface area (Å²) in [6.07, 6.45) is 0.872. The molecule has 1 aromatic rings. The summed E-state index contributed by atoms with van der Waals surface area (Å²) < 4.78 is 0. The van der Waals surface area contributed by atoms with Crippen molar-refractivity contribution in [2.75, 3.05) is 0 Å². The van der Waals surface area contributed by atoms with Crippen molar-refractivity contribution in [2.45, 2.75) is 20.3 Å². The highest BCUT2D eigenvalue weighted by atomic mass is 32.1. The van der Waals surface area contributed by atoms with Gasteiger partial charge in [0.15, 0.2) is 0 Å². The Bertz CT molecular complexity index is 207. The van der Waals surface area contributed by atoms with Crippen LogP contribution >= 0.6 is 11.3 Å². The van der Waals surface area contributed by atoms with Gasteiger partial charge in [-0.3, -0.25) is 0 Å². The minimum atomic E-state index is 0.208. The quantitative estimate of drug-likeness (QED) is 0.649. The molecule has 0 aliphatic heterocycles. The lowest BCUT2D eigenvalue weighted by Crippen LogP contribution is -1.70. The van der Waals surface area contributed by atoms with Crippen molar-refractivity contribution in [3.63, 3.8) is 0 Å². The third-order valence-electron chi connectivity index (χ3n) is 1.10. The van der Waals surface area contributed by atoms with Crippen LogP contribution in [0.1, 0.15) is 16.8 Å². The van der Waals surface area contributed by atoms with Crippen LogP contribution in [0.15, 0.2) is 0 Å². The lowest BCUT2D eigenvalue weighted by atomic mass is 10.4. The molecule has 0 saturated carbocycles. The van der Waals surface area contributed by atoms with Crippen LogP contribution in [0.5, 0.6) is 5.88 Å². The Labute approximate surface area is 58.2 Å². The van der Waals surface area contributed by atoms with E-state index in [1.165, 1.54) is 0 Å². The molecule has 0 spiro atoms. The first-order valence-corrected chi connectivity index (χ1v) is 3.71. The molecule has 0 aromatic carbocycles. The molecule has 0 unspecified atom stereocenters. The second-order valence-electron chi connectivity index (χ2n) is 1.83. The summed E-state index contributed by atoms with van der Waals surface area (Å²) in [5.41, 5.74) is 0. The van der Waals surface area contributed by atoms with Crippen molar-refractivity contribution in [3.05, 3.63) is 9.88 Å². The molecule has 0 bridgehead atoms. The maximum atomic E-state index is 9.03. The van der Waals surface area contributed by atoms with Crippen molar-refractivity contribution in [2.24, 2.45) is 0 Å². The van der Waals surface area contributed by atoms with E-state index in [-0.39, 0.29) is 5.88 Å². The van der Waals surface area contributed by atoms with Crippen molar-refractivity contribution in [1.82, 2.24) is 4.98 Å². The number of hydrogen-bond donors (Lipinski definition) is 1. The third kappa shape index (κ3) is 1.21. The summed E-state index contributed by atoms with van der Waals surface area (Å²) in [6.45, 7) is 3.90. The minimum Gasteiger partial charge on any atom is -0.492 e. The van der Waals surface area contributed by atoms with Gasteiger partial charge in [0.2, 0.25) is 5.88 Å². The summed E-state index contributed by atoms with van der Waals surface area (Å²) >= 11 is 1.55. The maximum Gasteiger partial charge on any atom is 0.225 e. The SMILES string of the molecule is CCc1sc(C)nc1O. The first-order chi connectivity index (χ1) is 4.24. The van der Waals surface area contributed by atoms with Gasteiger partial charge in [0.05, 0.1) is 9.88 Å². The lowest BCUT2D eigenvalue weighted by molar-refractivity contribution is 0.451. The number of aromatic hydroxyl groups is 1. The zero-order valence-electron chi connectivity index (χ0n) is 5.51. The van der Waals surface area contributed by atoms with E-state index < -0.39 is 0 Å². The van der Waals surface area contributed by atoms with Gasteiger partial charge >= 0.3 is 0 Å². The van der Waals surface area contributed by atoms with Gasteiger partial charge in [-0.25, -0.2) is 4.98 Å². The van der Waals surface area contributed by atoms with Gasteiger partial charge in [0, 0.05) is 0 Å². The normalized spacial score (nSPS) is 10.0. The molecule has 0 atom stereocenters. The maximum absolute atomic E-state index is 9.03. The first-order valence-electron chi connectivity index (χ1n) is 2.89. The van der Waals surface area contributed by atoms with Crippen molar-refractivity contribution in [3.8, 4) is 5.88 Å². The van der Waals surface area contributed by atoms with Gasteiger partial charge in [-0.15, -0.1) is 11.3 Å². The summed E-state index contributed by atoms with van der Waals surface area (Å²) in [4.78, 5) is 4.84. The third-order valence-corrected chi connectivity index (χ3v) is 2.21. The van der Waals surface area contributed by atoms with E-state index in [1.54, 1.807) is 11.3 Å². The second kappa shape index (κ2) is 2.35. The molecule has 2 nitrogen and oxygen atoms in total. The molecule has 0 aliphatic rings. The van der Waals surface area contributed by atoms with Gasteiger partial charge in [-0.1, -0.05) is 6.92 Å². The smallest absolute Gasteiger partial charge is 0.225 e. The Morgan fingerprint density at radius 3 is 2.56 bits per heavy atom. The Balaban J connectivity index is 3.01. The minimum absolute atomic E-state index is 0.208. The molecule has 0 radical (unpaired) electrons. The molecule has 3 heteroatoms. The van der Waals surface area contributed by atoms with Gasteiger partial charge in [0.1, 0.15) is 0 Å². The lowest BCUT2D eigenvalue weighted by Gasteiger charge is -1.84. The van der Waals surface area contributed by atoms with Crippen molar-refractivity contribution < 1.29 is 5.11 Å². The molecule has 1 aromatic heterocycles. The molecular formula is C6H9NOS. The van der Waals surface area contributed by atoms with Gasteiger partial charge in [-0.05, 0) is 13.3 Å². The van der Waals surface area contributed by atoms with Crippen LogP contribution in [0, 0.1) is 6.92 Å². The van der Waals surface area contributed by atoms with E-state index in [0.717, 1.165) is 16.3 Å². The van der Waals surface area contributed by atoms with Crippen LogP contribution < -0.4 is 0 Å². The molecular weight excluding hydrogens is 134 g/mol. The zero-order chi connectivity index (χ0) is 6.85. The average Bonchev–Trinajstić information content (AvgIpc) is 2.10. The van der Waals surface area contributed by atoms with Gasteiger partial charge < -0.3 is 5.11 Å². The molecule has 50 valence electrons. The highest BCUT2D eigenvalue weighted by Crippen LogP contribution is 2.23.